The number of pyridine rings is 1. The fraction of sp³-hybridized carbons (Fsp3) is 0.511. The van der Waals surface area contributed by atoms with Crippen LogP contribution in [0.5, 0.6) is 5.75 Å². The number of aromatic nitrogens is 1. The maximum absolute atomic E-state index is 13.6. The number of carbonyl (C=O) groups is 4. The van der Waals surface area contributed by atoms with E-state index in [-0.39, 0.29) is 53.5 Å². The summed E-state index contributed by atoms with van der Waals surface area (Å²) in [6.07, 6.45) is 5.86. The van der Waals surface area contributed by atoms with Crippen LogP contribution in [-0.2, 0) is 9.59 Å². The number of hydrogen-bond acceptors (Lipinski definition) is 10. The number of hydrogen-bond donors (Lipinski definition) is 3. The molecule has 4 fully saturated rings. The summed E-state index contributed by atoms with van der Waals surface area (Å²) >= 11 is 0. The molecule has 1 aliphatic carbocycles. The number of carbonyl (C=O) groups excluding carboxylic acids is 4. The van der Waals surface area contributed by atoms with Gasteiger partial charge in [0.05, 0.1) is 29.1 Å². The Bertz CT molecular complexity index is 2050. The van der Waals surface area contributed by atoms with E-state index in [9.17, 15) is 24.4 Å². The average molecular weight is 789 g/mol. The second-order valence-corrected chi connectivity index (χ2v) is 17.8. The van der Waals surface area contributed by atoms with Gasteiger partial charge in [-0.05, 0) is 92.6 Å². The minimum absolute atomic E-state index is 0.0840. The van der Waals surface area contributed by atoms with Crippen LogP contribution >= 0.6 is 0 Å². The Balaban J connectivity index is 0.850. The summed E-state index contributed by atoms with van der Waals surface area (Å²) < 4.78 is 6.55. The van der Waals surface area contributed by atoms with Crippen molar-refractivity contribution in [3.8, 4) is 11.8 Å². The lowest BCUT2D eigenvalue weighted by Gasteiger charge is -2.63. The lowest BCUT2D eigenvalue weighted by atomic mass is 9.49. The van der Waals surface area contributed by atoms with Gasteiger partial charge in [0.25, 0.3) is 11.8 Å². The Labute approximate surface area is 341 Å². The maximum Gasteiger partial charge on any atom is 0.253 e. The van der Waals surface area contributed by atoms with Crippen LogP contribution in [0.15, 0.2) is 54.9 Å². The molecule has 4 amide bonds. The van der Waals surface area contributed by atoms with Crippen LogP contribution in [0.2, 0.25) is 0 Å². The van der Waals surface area contributed by atoms with Gasteiger partial charge in [0.15, 0.2) is 0 Å². The number of piperazine rings is 1. The summed E-state index contributed by atoms with van der Waals surface area (Å²) in [5.74, 6) is 0.111. The van der Waals surface area contributed by atoms with E-state index in [1.165, 1.54) is 6.20 Å². The number of amides is 4. The predicted octanol–water partition coefficient (Wildman–Crippen LogP) is 4.76. The van der Waals surface area contributed by atoms with Crippen LogP contribution in [0.3, 0.4) is 0 Å². The molecule has 0 radical (unpaired) electrons. The molecule has 3 saturated heterocycles. The molecule has 7 rings (SSSR count). The second kappa shape index (κ2) is 16.4. The zero-order valence-corrected chi connectivity index (χ0v) is 34.6. The molecule has 0 bridgehead atoms. The average Bonchev–Trinajstić information content (AvgIpc) is 3.20. The normalized spacial score (nSPS) is 23.3. The molecular weight excluding hydrogens is 733 g/mol. The van der Waals surface area contributed by atoms with E-state index < -0.39 is 11.9 Å². The van der Waals surface area contributed by atoms with Gasteiger partial charge in [0.1, 0.15) is 17.9 Å². The fourth-order valence-electron chi connectivity index (χ4n) is 9.87. The van der Waals surface area contributed by atoms with Gasteiger partial charge in [0, 0.05) is 86.6 Å². The molecule has 1 saturated carbocycles. The minimum Gasteiger partial charge on any atom is -0.489 e. The standard InChI is InChI=1S/C45H56N8O5/c1-28-21-35(22-29(2)36(28)24-46)58-43-44(3,4)42(45(43,5)6)50-39(55)31-7-9-33(10-8-31)52-15-13-30(14-16-52)27-51-17-19-53(20-18-51)34-23-32(25-47-26-34)40(56)48-37-11-12-38(54)49-41(37)57/h7-10,21-23,25-26,30,37,42-43H,11-20,27H2,1-6H3,(H,48,56)(H,50,55)(H,49,54,57). The van der Waals surface area contributed by atoms with Crippen LogP contribution in [0.25, 0.3) is 0 Å². The lowest BCUT2D eigenvalue weighted by Crippen LogP contribution is -2.74. The number of imide groups is 1. The Hall–Kier alpha value is -5.48. The summed E-state index contributed by atoms with van der Waals surface area (Å²) in [5.41, 5.74) is 4.92. The van der Waals surface area contributed by atoms with E-state index in [1.54, 1.807) is 6.20 Å². The second-order valence-electron chi connectivity index (χ2n) is 17.8. The zero-order valence-electron chi connectivity index (χ0n) is 34.6. The first-order chi connectivity index (χ1) is 27.6. The number of rotatable bonds is 10. The Morgan fingerprint density at radius 3 is 2.07 bits per heavy atom. The molecule has 13 nitrogen and oxygen atoms in total. The molecule has 4 aliphatic rings. The maximum atomic E-state index is 13.6. The largest absolute Gasteiger partial charge is 0.489 e. The molecule has 0 spiro atoms. The molecule has 1 atom stereocenters. The first-order valence-corrected chi connectivity index (χ1v) is 20.5. The number of benzene rings is 2. The smallest absolute Gasteiger partial charge is 0.253 e. The summed E-state index contributed by atoms with van der Waals surface area (Å²) in [5, 5.41) is 17.8. The number of ether oxygens (including phenoxy) is 1. The van der Waals surface area contributed by atoms with E-state index in [0.29, 0.717) is 22.6 Å². The molecule has 1 unspecified atom stereocenters. The predicted molar refractivity (Wildman–Crippen MR) is 222 cm³/mol. The summed E-state index contributed by atoms with van der Waals surface area (Å²) in [6, 6.07) is 15.1. The number of anilines is 2. The van der Waals surface area contributed by atoms with Gasteiger partial charge in [-0.1, -0.05) is 27.7 Å². The summed E-state index contributed by atoms with van der Waals surface area (Å²) in [4.78, 5) is 61.5. The van der Waals surface area contributed by atoms with Crippen LogP contribution < -0.4 is 30.5 Å². The van der Waals surface area contributed by atoms with Crippen molar-refractivity contribution in [3.05, 3.63) is 82.7 Å². The molecule has 58 heavy (non-hydrogen) atoms. The zero-order chi connectivity index (χ0) is 41.4. The van der Waals surface area contributed by atoms with Crippen molar-refractivity contribution in [3.63, 3.8) is 0 Å². The molecule has 2 aromatic carbocycles. The monoisotopic (exact) mass is 788 g/mol. The van der Waals surface area contributed by atoms with Crippen molar-refractivity contribution < 1.29 is 23.9 Å². The number of aryl methyl sites for hydroxylation is 2. The third kappa shape index (κ3) is 8.39. The molecule has 4 heterocycles. The molecule has 3 aliphatic heterocycles. The van der Waals surface area contributed by atoms with E-state index in [2.05, 4.69) is 81.5 Å². The Morgan fingerprint density at radius 1 is 0.828 bits per heavy atom. The molecule has 306 valence electrons. The SMILES string of the molecule is Cc1cc(OC2C(C)(C)C(NC(=O)c3ccc(N4CCC(CN5CCN(c6cncc(C(=O)NC7CCC(=O)NC7=O)c6)CC5)CC4)cc3)C2(C)C)cc(C)c1C#N. The summed E-state index contributed by atoms with van der Waals surface area (Å²) in [7, 11) is 0. The molecule has 3 aromatic rings. The van der Waals surface area contributed by atoms with Crippen molar-refractivity contribution in [2.75, 3.05) is 55.6 Å². The van der Waals surface area contributed by atoms with Crippen LogP contribution in [-0.4, -0.2) is 97.5 Å². The quantitative estimate of drug-likeness (QED) is 0.245. The Morgan fingerprint density at radius 2 is 1.45 bits per heavy atom. The first-order valence-electron chi connectivity index (χ1n) is 20.5. The van der Waals surface area contributed by atoms with Crippen molar-refractivity contribution in [2.45, 2.75) is 85.4 Å². The van der Waals surface area contributed by atoms with Crippen molar-refractivity contribution in [1.82, 2.24) is 25.8 Å². The minimum atomic E-state index is -0.727. The highest BCUT2D eigenvalue weighted by atomic mass is 16.5. The molecule has 13 heteroatoms. The van der Waals surface area contributed by atoms with Crippen molar-refractivity contribution in [2.24, 2.45) is 16.7 Å². The van der Waals surface area contributed by atoms with Crippen LogP contribution in [0, 0.1) is 41.9 Å². The Kier molecular flexibility index (Phi) is 11.5. The van der Waals surface area contributed by atoms with Crippen LogP contribution in [0.1, 0.15) is 90.8 Å². The number of nitrogens with one attached hydrogen (secondary N) is 3. The number of piperidine rings is 2. The van der Waals surface area contributed by atoms with E-state index in [0.717, 1.165) is 86.9 Å². The highest BCUT2D eigenvalue weighted by molar-refractivity contribution is 6.04. The van der Waals surface area contributed by atoms with Gasteiger partial charge >= 0.3 is 0 Å². The summed E-state index contributed by atoms with van der Waals surface area (Å²) in [6.45, 7) is 18.9. The number of nitriles is 1. The highest BCUT2D eigenvalue weighted by Gasteiger charge is 2.64. The third-order valence-corrected chi connectivity index (χ3v) is 12.9. The topological polar surface area (TPSA) is 160 Å². The first kappa shape index (κ1) is 40.7. The molecule has 3 N–H and O–H groups in total. The van der Waals surface area contributed by atoms with Crippen LogP contribution in [0.4, 0.5) is 11.4 Å². The van der Waals surface area contributed by atoms with E-state index >= 15 is 0 Å². The van der Waals surface area contributed by atoms with Gasteiger partial charge in [-0.3, -0.25) is 34.4 Å². The van der Waals surface area contributed by atoms with Crippen molar-refractivity contribution >= 4 is 35.0 Å². The highest BCUT2D eigenvalue weighted by Crippen LogP contribution is 2.55. The van der Waals surface area contributed by atoms with E-state index in [4.69, 9.17) is 4.74 Å². The lowest BCUT2D eigenvalue weighted by molar-refractivity contribution is -0.164. The molecular formula is C45H56N8O5. The fourth-order valence-corrected chi connectivity index (χ4v) is 9.87. The molecule has 1 aromatic heterocycles. The van der Waals surface area contributed by atoms with Gasteiger partial charge < -0.3 is 25.2 Å². The van der Waals surface area contributed by atoms with Gasteiger partial charge in [-0.2, -0.15) is 5.26 Å². The van der Waals surface area contributed by atoms with E-state index in [1.807, 2.05) is 44.2 Å². The van der Waals surface area contributed by atoms with Gasteiger partial charge in [0.2, 0.25) is 11.8 Å². The van der Waals surface area contributed by atoms with Gasteiger partial charge in [-0.25, -0.2) is 0 Å². The van der Waals surface area contributed by atoms with Gasteiger partial charge in [-0.15, -0.1) is 0 Å². The third-order valence-electron chi connectivity index (χ3n) is 12.9. The number of nitrogens with zero attached hydrogens (tertiary/aromatic N) is 5. The van der Waals surface area contributed by atoms with Crippen molar-refractivity contribution in [1.29, 1.82) is 5.26 Å².